The number of amides is 1. The van der Waals surface area contributed by atoms with E-state index >= 15 is 0 Å². The average Bonchev–Trinajstić information content (AvgIpc) is 2.79. The van der Waals surface area contributed by atoms with E-state index in [0.717, 1.165) is 0 Å². The number of methoxy groups -OCH3 is 1. The third kappa shape index (κ3) is 2.44. The standard InChI is InChI=1S/C13H15FN2O3/c1-19-13(18)9-3-2-4-10(12(9)14)16-7-8(6-15)5-11(16)17/h2-4,8H,5-7,15H2,1H3. The van der Waals surface area contributed by atoms with Crippen LogP contribution in [0.5, 0.6) is 0 Å². The van der Waals surface area contributed by atoms with E-state index in [-0.39, 0.29) is 23.1 Å². The van der Waals surface area contributed by atoms with Crippen LogP contribution >= 0.6 is 0 Å². The van der Waals surface area contributed by atoms with Gasteiger partial charge in [-0.05, 0) is 24.6 Å². The maximum atomic E-state index is 14.2. The predicted molar refractivity (Wildman–Crippen MR) is 67.3 cm³/mol. The van der Waals surface area contributed by atoms with Crippen molar-refractivity contribution in [1.82, 2.24) is 0 Å². The maximum absolute atomic E-state index is 14.2. The van der Waals surface area contributed by atoms with Crippen LogP contribution < -0.4 is 10.6 Å². The van der Waals surface area contributed by atoms with Crippen molar-refractivity contribution in [3.63, 3.8) is 0 Å². The number of anilines is 1. The highest BCUT2D eigenvalue weighted by Gasteiger charge is 2.32. The Labute approximate surface area is 110 Å². The van der Waals surface area contributed by atoms with E-state index in [0.29, 0.717) is 19.5 Å². The molecule has 1 amide bonds. The molecule has 1 aliphatic heterocycles. The summed E-state index contributed by atoms with van der Waals surface area (Å²) in [4.78, 5) is 24.6. The van der Waals surface area contributed by atoms with Crippen molar-refractivity contribution in [3.05, 3.63) is 29.6 Å². The van der Waals surface area contributed by atoms with E-state index in [2.05, 4.69) is 4.74 Å². The van der Waals surface area contributed by atoms with E-state index in [4.69, 9.17) is 5.73 Å². The molecule has 1 aromatic rings. The Balaban J connectivity index is 2.36. The summed E-state index contributed by atoms with van der Waals surface area (Å²) < 4.78 is 18.7. The fraction of sp³-hybridized carbons (Fsp3) is 0.385. The van der Waals surface area contributed by atoms with Crippen molar-refractivity contribution in [3.8, 4) is 0 Å². The lowest BCUT2D eigenvalue weighted by molar-refractivity contribution is -0.117. The maximum Gasteiger partial charge on any atom is 0.340 e. The second kappa shape index (κ2) is 5.36. The molecule has 6 heteroatoms. The summed E-state index contributed by atoms with van der Waals surface area (Å²) in [5.74, 6) is -1.66. The van der Waals surface area contributed by atoms with Crippen LogP contribution in [0.1, 0.15) is 16.8 Å². The molecule has 0 aromatic heterocycles. The van der Waals surface area contributed by atoms with Crippen molar-refractivity contribution >= 4 is 17.6 Å². The lowest BCUT2D eigenvalue weighted by Crippen LogP contribution is -2.27. The summed E-state index contributed by atoms with van der Waals surface area (Å²) in [5, 5.41) is 0. The van der Waals surface area contributed by atoms with Crippen molar-refractivity contribution in [2.24, 2.45) is 11.7 Å². The molecule has 5 nitrogen and oxygen atoms in total. The van der Waals surface area contributed by atoms with E-state index < -0.39 is 11.8 Å². The number of rotatable bonds is 3. The number of nitrogens with zero attached hydrogens (tertiary/aromatic N) is 1. The lowest BCUT2D eigenvalue weighted by Gasteiger charge is -2.18. The summed E-state index contributed by atoms with van der Waals surface area (Å²) in [5.41, 5.74) is 5.45. The lowest BCUT2D eigenvalue weighted by atomic mass is 10.1. The van der Waals surface area contributed by atoms with Gasteiger partial charge in [0.25, 0.3) is 0 Å². The van der Waals surface area contributed by atoms with Crippen LogP contribution in [0.3, 0.4) is 0 Å². The Hall–Kier alpha value is -1.95. The first-order valence-corrected chi connectivity index (χ1v) is 5.95. The van der Waals surface area contributed by atoms with Crippen LogP contribution in [0.15, 0.2) is 18.2 Å². The Bertz CT molecular complexity index is 519. The molecular formula is C13H15FN2O3. The number of ether oxygens (including phenoxy) is 1. The Morgan fingerprint density at radius 1 is 1.58 bits per heavy atom. The minimum Gasteiger partial charge on any atom is -0.465 e. The summed E-state index contributed by atoms with van der Waals surface area (Å²) >= 11 is 0. The number of hydrogen-bond acceptors (Lipinski definition) is 4. The number of esters is 1. The van der Waals surface area contributed by atoms with Gasteiger partial charge in [0, 0.05) is 13.0 Å². The molecule has 0 aliphatic carbocycles. The van der Waals surface area contributed by atoms with E-state index in [1.807, 2.05) is 0 Å². The van der Waals surface area contributed by atoms with Crippen molar-refractivity contribution < 1.29 is 18.7 Å². The fourth-order valence-corrected chi connectivity index (χ4v) is 2.17. The molecule has 1 unspecified atom stereocenters. The van der Waals surface area contributed by atoms with Gasteiger partial charge in [-0.1, -0.05) is 6.07 Å². The van der Waals surface area contributed by atoms with Gasteiger partial charge in [0.15, 0.2) is 5.82 Å². The second-order valence-electron chi connectivity index (χ2n) is 4.44. The highest BCUT2D eigenvalue weighted by Crippen LogP contribution is 2.28. The third-order valence-corrected chi connectivity index (χ3v) is 3.21. The van der Waals surface area contributed by atoms with Gasteiger partial charge in [-0.25, -0.2) is 9.18 Å². The number of carbonyl (C=O) groups excluding carboxylic acids is 2. The molecule has 0 spiro atoms. The van der Waals surface area contributed by atoms with Crippen LogP contribution in [0, 0.1) is 11.7 Å². The molecule has 1 fully saturated rings. The molecule has 1 saturated heterocycles. The molecule has 0 saturated carbocycles. The Kier molecular flexibility index (Phi) is 3.80. The number of hydrogen-bond donors (Lipinski definition) is 1. The predicted octanol–water partition coefficient (Wildman–Crippen LogP) is 0.924. The van der Waals surface area contributed by atoms with Crippen LogP contribution in [-0.4, -0.2) is 32.1 Å². The quantitative estimate of drug-likeness (QED) is 0.826. The third-order valence-electron chi connectivity index (χ3n) is 3.21. The van der Waals surface area contributed by atoms with Crippen LogP contribution in [0.4, 0.5) is 10.1 Å². The van der Waals surface area contributed by atoms with Gasteiger partial charge in [0.05, 0.1) is 18.4 Å². The summed E-state index contributed by atoms with van der Waals surface area (Å²) in [7, 11) is 1.18. The van der Waals surface area contributed by atoms with Crippen molar-refractivity contribution in [2.45, 2.75) is 6.42 Å². The first kappa shape index (κ1) is 13.5. The molecule has 0 bridgehead atoms. The van der Waals surface area contributed by atoms with Crippen molar-refractivity contribution in [2.75, 3.05) is 25.1 Å². The molecule has 2 rings (SSSR count). The molecule has 19 heavy (non-hydrogen) atoms. The molecule has 0 radical (unpaired) electrons. The highest BCUT2D eigenvalue weighted by atomic mass is 19.1. The molecule has 102 valence electrons. The van der Waals surface area contributed by atoms with Gasteiger partial charge < -0.3 is 15.4 Å². The zero-order chi connectivity index (χ0) is 14.0. The van der Waals surface area contributed by atoms with Crippen LogP contribution in [-0.2, 0) is 9.53 Å². The van der Waals surface area contributed by atoms with Gasteiger partial charge in [0.2, 0.25) is 5.91 Å². The topological polar surface area (TPSA) is 72.6 Å². The summed E-state index contributed by atoms with van der Waals surface area (Å²) in [6, 6.07) is 4.32. The van der Waals surface area contributed by atoms with Gasteiger partial charge in [-0.3, -0.25) is 4.79 Å². The molecular weight excluding hydrogens is 251 g/mol. The SMILES string of the molecule is COC(=O)c1cccc(N2CC(CN)CC2=O)c1F. The van der Waals surface area contributed by atoms with E-state index in [1.165, 1.54) is 30.2 Å². The number of nitrogens with two attached hydrogens (primary N) is 1. The van der Waals surface area contributed by atoms with Gasteiger partial charge in [0.1, 0.15) is 0 Å². The first-order valence-electron chi connectivity index (χ1n) is 5.95. The molecule has 1 aliphatic rings. The monoisotopic (exact) mass is 266 g/mol. The fourth-order valence-electron chi connectivity index (χ4n) is 2.17. The van der Waals surface area contributed by atoms with E-state index in [9.17, 15) is 14.0 Å². The largest absolute Gasteiger partial charge is 0.465 e. The van der Waals surface area contributed by atoms with Crippen LogP contribution in [0.25, 0.3) is 0 Å². The average molecular weight is 266 g/mol. The number of carbonyl (C=O) groups is 2. The van der Waals surface area contributed by atoms with Crippen LogP contribution in [0.2, 0.25) is 0 Å². The molecule has 2 N–H and O–H groups in total. The Morgan fingerprint density at radius 3 is 2.89 bits per heavy atom. The molecule has 1 aromatic carbocycles. The number of halogens is 1. The first-order chi connectivity index (χ1) is 9.08. The molecule has 1 heterocycles. The second-order valence-corrected chi connectivity index (χ2v) is 4.44. The smallest absolute Gasteiger partial charge is 0.340 e. The van der Waals surface area contributed by atoms with Gasteiger partial charge in [-0.2, -0.15) is 0 Å². The number of benzene rings is 1. The highest BCUT2D eigenvalue weighted by molar-refractivity contribution is 5.98. The summed E-state index contributed by atoms with van der Waals surface area (Å²) in [6.45, 7) is 0.747. The zero-order valence-electron chi connectivity index (χ0n) is 10.6. The zero-order valence-corrected chi connectivity index (χ0v) is 10.6. The minimum absolute atomic E-state index is 0.0219. The summed E-state index contributed by atoms with van der Waals surface area (Å²) in [6.07, 6.45) is 0.304. The van der Waals surface area contributed by atoms with Gasteiger partial charge in [-0.15, -0.1) is 0 Å². The normalized spacial score (nSPS) is 18.8. The van der Waals surface area contributed by atoms with Gasteiger partial charge >= 0.3 is 5.97 Å². The molecule has 1 atom stereocenters. The van der Waals surface area contributed by atoms with Crippen molar-refractivity contribution in [1.29, 1.82) is 0 Å². The Morgan fingerprint density at radius 2 is 2.32 bits per heavy atom. The van der Waals surface area contributed by atoms with E-state index in [1.54, 1.807) is 0 Å². The minimum atomic E-state index is -0.763.